The second-order valence-electron chi connectivity index (χ2n) is 3.01. The van der Waals surface area contributed by atoms with Gasteiger partial charge in [0.25, 0.3) is 6.01 Å². The lowest BCUT2D eigenvalue weighted by molar-refractivity contribution is 0.330. The third-order valence-electron chi connectivity index (χ3n) is 2.04. The van der Waals surface area contributed by atoms with Gasteiger partial charge in [0.05, 0.1) is 0 Å². The lowest BCUT2D eigenvalue weighted by Crippen LogP contribution is -2.00. The SMILES string of the molecule is CC#CCOc1nc2cccnc2n1C. The second-order valence-corrected chi connectivity index (χ2v) is 3.01. The van der Waals surface area contributed by atoms with Crippen molar-refractivity contribution in [3.63, 3.8) is 0 Å². The molecule has 0 N–H and O–H groups in total. The Labute approximate surface area is 87.9 Å². The molecule has 2 heterocycles. The number of aryl methyl sites for hydroxylation is 1. The zero-order valence-corrected chi connectivity index (χ0v) is 8.69. The quantitative estimate of drug-likeness (QED) is 0.689. The molecule has 4 heteroatoms. The first kappa shape index (κ1) is 9.53. The van der Waals surface area contributed by atoms with Gasteiger partial charge in [-0.1, -0.05) is 5.92 Å². The summed E-state index contributed by atoms with van der Waals surface area (Å²) in [4.78, 5) is 8.51. The first-order valence-corrected chi connectivity index (χ1v) is 4.63. The molecule has 0 aliphatic rings. The number of hydrogen-bond donors (Lipinski definition) is 0. The molecular formula is C11H11N3O. The third-order valence-corrected chi connectivity index (χ3v) is 2.04. The van der Waals surface area contributed by atoms with Gasteiger partial charge >= 0.3 is 0 Å². The monoisotopic (exact) mass is 201 g/mol. The fourth-order valence-corrected chi connectivity index (χ4v) is 1.30. The molecule has 76 valence electrons. The zero-order chi connectivity index (χ0) is 10.7. The predicted molar refractivity (Wildman–Crippen MR) is 57.5 cm³/mol. The van der Waals surface area contributed by atoms with Crippen LogP contribution >= 0.6 is 0 Å². The number of nitrogens with zero attached hydrogens (tertiary/aromatic N) is 3. The van der Waals surface area contributed by atoms with Gasteiger partial charge in [0.1, 0.15) is 5.52 Å². The largest absolute Gasteiger partial charge is 0.451 e. The Morgan fingerprint density at radius 2 is 2.40 bits per heavy atom. The van der Waals surface area contributed by atoms with Crippen LogP contribution in [0.2, 0.25) is 0 Å². The molecule has 0 saturated heterocycles. The lowest BCUT2D eigenvalue weighted by atomic mass is 10.4. The highest BCUT2D eigenvalue weighted by Crippen LogP contribution is 2.16. The van der Waals surface area contributed by atoms with Crippen LogP contribution in [0.15, 0.2) is 18.3 Å². The van der Waals surface area contributed by atoms with Gasteiger partial charge in [-0.25, -0.2) is 4.98 Å². The molecule has 2 aromatic heterocycles. The number of aromatic nitrogens is 3. The summed E-state index contributed by atoms with van der Waals surface area (Å²) in [6, 6.07) is 4.30. The van der Waals surface area contributed by atoms with E-state index < -0.39 is 0 Å². The molecular weight excluding hydrogens is 190 g/mol. The van der Waals surface area contributed by atoms with Gasteiger partial charge in [0.2, 0.25) is 0 Å². The van der Waals surface area contributed by atoms with E-state index in [1.807, 2.05) is 23.7 Å². The molecule has 0 bridgehead atoms. The summed E-state index contributed by atoms with van der Waals surface area (Å²) in [5.41, 5.74) is 1.65. The van der Waals surface area contributed by atoms with Gasteiger partial charge in [-0.15, -0.1) is 5.92 Å². The summed E-state index contributed by atoms with van der Waals surface area (Å²) in [6.07, 6.45) is 1.74. The number of ether oxygens (including phenoxy) is 1. The van der Waals surface area contributed by atoms with E-state index in [0.717, 1.165) is 11.2 Å². The highest BCUT2D eigenvalue weighted by molar-refractivity contribution is 5.71. The number of pyridine rings is 1. The maximum atomic E-state index is 5.40. The van der Waals surface area contributed by atoms with Crippen LogP contribution in [0.1, 0.15) is 6.92 Å². The molecule has 0 spiro atoms. The number of hydrogen-bond acceptors (Lipinski definition) is 3. The predicted octanol–water partition coefficient (Wildman–Crippen LogP) is 1.37. The Morgan fingerprint density at radius 1 is 1.53 bits per heavy atom. The van der Waals surface area contributed by atoms with E-state index in [0.29, 0.717) is 12.6 Å². The summed E-state index contributed by atoms with van der Waals surface area (Å²) in [7, 11) is 1.87. The molecule has 2 aromatic rings. The van der Waals surface area contributed by atoms with Crippen molar-refractivity contribution in [2.24, 2.45) is 7.05 Å². The molecule has 0 aromatic carbocycles. The van der Waals surface area contributed by atoms with Crippen molar-refractivity contribution in [1.82, 2.24) is 14.5 Å². The van der Waals surface area contributed by atoms with Crippen molar-refractivity contribution in [3.8, 4) is 17.9 Å². The molecule has 0 aliphatic heterocycles. The van der Waals surface area contributed by atoms with Crippen molar-refractivity contribution < 1.29 is 4.74 Å². The minimum atomic E-state index is 0.355. The van der Waals surface area contributed by atoms with E-state index in [2.05, 4.69) is 21.8 Å². The van der Waals surface area contributed by atoms with Crippen molar-refractivity contribution in [2.75, 3.05) is 6.61 Å². The van der Waals surface area contributed by atoms with Gasteiger partial charge in [0.15, 0.2) is 12.3 Å². The maximum Gasteiger partial charge on any atom is 0.299 e. The smallest absolute Gasteiger partial charge is 0.299 e. The summed E-state index contributed by atoms with van der Waals surface area (Å²) in [5, 5.41) is 0. The summed E-state index contributed by atoms with van der Waals surface area (Å²) in [6.45, 7) is 2.13. The van der Waals surface area contributed by atoms with Crippen LogP contribution in [0.4, 0.5) is 0 Å². The van der Waals surface area contributed by atoms with Gasteiger partial charge in [-0.3, -0.25) is 4.57 Å². The van der Waals surface area contributed by atoms with E-state index in [1.165, 1.54) is 0 Å². The Balaban J connectivity index is 2.34. The normalized spacial score (nSPS) is 9.73. The Kier molecular flexibility index (Phi) is 2.55. The van der Waals surface area contributed by atoms with Crippen LogP contribution in [-0.2, 0) is 7.05 Å². The highest BCUT2D eigenvalue weighted by Gasteiger charge is 2.07. The van der Waals surface area contributed by atoms with Crippen LogP contribution in [0.3, 0.4) is 0 Å². The van der Waals surface area contributed by atoms with Crippen LogP contribution in [0.5, 0.6) is 6.01 Å². The lowest BCUT2D eigenvalue weighted by Gasteiger charge is -2.00. The Bertz CT molecular complexity index is 533. The molecule has 0 fully saturated rings. The van der Waals surface area contributed by atoms with E-state index in [4.69, 9.17) is 4.74 Å². The van der Waals surface area contributed by atoms with E-state index in [-0.39, 0.29) is 0 Å². The summed E-state index contributed by atoms with van der Waals surface area (Å²) >= 11 is 0. The molecule has 0 unspecified atom stereocenters. The average molecular weight is 201 g/mol. The average Bonchev–Trinajstić information content (AvgIpc) is 2.57. The Hall–Kier alpha value is -2.02. The van der Waals surface area contributed by atoms with E-state index in [1.54, 1.807) is 13.1 Å². The molecule has 0 amide bonds. The van der Waals surface area contributed by atoms with Crippen molar-refractivity contribution in [2.45, 2.75) is 6.92 Å². The van der Waals surface area contributed by atoms with Crippen molar-refractivity contribution >= 4 is 11.2 Å². The number of fused-ring (bicyclic) bond motifs is 1. The van der Waals surface area contributed by atoms with Crippen molar-refractivity contribution in [3.05, 3.63) is 18.3 Å². The molecule has 0 saturated carbocycles. The maximum absolute atomic E-state index is 5.40. The van der Waals surface area contributed by atoms with Crippen LogP contribution < -0.4 is 4.74 Å². The number of imidazole rings is 1. The van der Waals surface area contributed by atoms with Gasteiger partial charge in [-0.05, 0) is 19.1 Å². The molecule has 15 heavy (non-hydrogen) atoms. The van der Waals surface area contributed by atoms with Crippen LogP contribution in [-0.4, -0.2) is 21.1 Å². The van der Waals surface area contributed by atoms with E-state index in [9.17, 15) is 0 Å². The molecule has 0 atom stereocenters. The topological polar surface area (TPSA) is 39.9 Å². The standard InChI is InChI=1S/C11H11N3O/c1-3-4-8-15-11-13-9-6-5-7-12-10(9)14(11)2/h5-7H,8H2,1-2H3. The molecule has 0 radical (unpaired) electrons. The minimum absolute atomic E-state index is 0.355. The van der Waals surface area contributed by atoms with Crippen LogP contribution in [0.25, 0.3) is 11.2 Å². The summed E-state index contributed by atoms with van der Waals surface area (Å²) in [5.74, 6) is 5.59. The second kappa shape index (κ2) is 4.01. The Morgan fingerprint density at radius 3 is 3.13 bits per heavy atom. The summed E-state index contributed by atoms with van der Waals surface area (Å²) < 4.78 is 7.21. The van der Waals surface area contributed by atoms with Crippen LogP contribution in [0, 0.1) is 11.8 Å². The minimum Gasteiger partial charge on any atom is -0.451 e. The fourth-order valence-electron chi connectivity index (χ4n) is 1.30. The van der Waals surface area contributed by atoms with Crippen molar-refractivity contribution in [1.29, 1.82) is 0 Å². The third kappa shape index (κ3) is 1.77. The highest BCUT2D eigenvalue weighted by atomic mass is 16.5. The molecule has 4 nitrogen and oxygen atoms in total. The first-order chi connectivity index (χ1) is 7.33. The van der Waals surface area contributed by atoms with Gasteiger partial charge in [0, 0.05) is 13.2 Å². The van der Waals surface area contributed by atoms with Gasteiger partial charge < -0.3 is 4.74 Å². The number of rotatable bonds is 2. The van der Waals surface area contributed by atoms with Gasteiger partial charge in [-0.2, -0.15) is 4.98 Å². The fraction of sp³-hybridized carbons (Fsp3) is 0.273. The van der Waals surface area contributed by atoms with E-state index >= 15 is 0 Å². The first-order valence-electron chi connectivity index (χ1n) is 4.63. The molecule has 2 rings (SSSR count). The zero-order valence-electron chi connectivity index (χ0n) is 8.69. The molecule has 0 aliphatic carbocycles.